The quantitative estimate of drug-likeness (QED) is 0.355. The average Bonchev–Trinajstić information content (AvgIpc) is 3.46. The number of nitrogens with one attached hydrogen (secondary N) is 2. The van der Waals surface area contributed by atoms with E-state index in [1.807, 2.05) is 12.1 Å². The fraction of sp³-hybridized carbons (Fsp3) is 0.650. The molecule has 2 fully saturated rings. The van der Waals surface area contributed by atoms with Gasteiger partial charge in [-0.25, -0.2) is 0 Å². The van der Waals surface area contributed by atoms with E-state index in [2.05, 4.69) is 15.6 Å². The number of guanidine groups is 1. The van der Waals surface area contributed by atoms with Crippen LogP contribution in [0.5, 0.6) is 17.2 Å². The van der Waals surface area contributed by atoms with Gasteiger partial charge in [0.15, 0.2) is 17.5 Å². The van der Waals surface area contributed by atoms with Gasteiger partial charge in [0.25, 0.3) is 0 Å². The van der Waals surface area contributed by atoms with Crippen LogP contribution >= 0.6 is 24.0 Å². The highest BCUT2D eigenvalue weighted by atomic mass is 127. The van der Waals surface area contributed by atoms with Gasteiger partial charge in [-0.3, -0.25) is 4.99 Å². The number of methoxy groups -OCH3 is 3. The lowest BCUT2D eigenvalue weighted by molar-refractivity contribution is 0.316. The molecule has 1 aromatic carbocycles. The van der Waals surface area contributed by atoms with E-state index in [1.165, 1.54) is 38.5 Å². The molecule has 2 unspecified atom stereocenters. The molecule has 27 heavy (non-hydrogen) atoms. The fourth-order valence-corrected chi connectivity index (χ4v) is 4.09. The number of ether oxygens (including phenoxy) is 3. The highest BCUT2D eigenvalue weighted by Crippen LogP contribution is 2.44. The first kappa shape index (κ1) is 21.9. The topological polar surface area (TPSA) is 64.1 Å². The fourth-order valence-electron chi connectivity index (χ4n) is 4.09. The first-order chi connectivity index (χ1) is 12.7. The van der Waals surface area contributed by atoms with Gasteiger partial charge in [0.05, 0.1) is 21.3 Å². The van der Waals surface area contributed by atoms with Crippen molar-refractivity contribution in [3.63, 3.8) is 0 Å². The van der Waals surface area contributed by atoms with Crippen LogP contribution in [0.15, 0.2) is 17.1 Å². The van der Waals surface area contributed by atoms with Crippen LogP contribution < -0.4 is 24.8 Å². The van der Waals surface area contributed by atoms with Crippen molar-refractivity contribution in [1.82, 2.24) is 5.32 Å². The maximum atomic E-state index is 5.42. The monoisotopic (exact) mass is 489 g/mol. The Bertz CT molecular complexity index is 622. The molecule has 2 saturated carbocycles. The number of hydrogen-bond acceptors (Lipinski definition) is 4. The first-order valence-corrected chi connectivity index (χ1v) is 9.50. The van der Waals surface area contributed by atoms with Gasteiger partial charge in [-0.1, -0.05) is 32.1 Å². The Morgan fingerprint density at radius 3 is 2.15 bits per heavy atom. The number of nitrogens with zero attached hydrogens (tertiary/aromatic N) is 1. The zero-order valence-electron chi connectivity index (χ0n) is 16.7. The highest BCUT2D eigenvalue weighted by molar-refractivity contribution is 14.0. The van der Waals surface area contributed by atoms with Crippen molar-refractivity contribution in [2.45, 2.75) is 44.6 Å². The minimum Gasteiger partial charge on any atom is -0.493 e. The highest BCUT2D eigenvalue weighted by Gasteiger charge is 2.43. The van der Waals surface area contributed by atoms with Crippen molar-refractivity contribution < 1.29 is 14.2 Å². The maximum Gasteiger partial charge on any atom is 0.203 e. The number of aliphatic imine (C=N–C) groups is 1. The molecule has 2 atom stereocenters. The Balaban J connectivity index is 0.00000261. The summed E-state index contributed by atoms with van der Waals surface area (Å²) in [4.78, 5) is 4.38. The Labute approximate surface area is 179 Å². The van der Waals surface area contributed by atoms with Gasteiger partial charge in [-0.2, -0.15) is 0 Å². The predicted octanol–water partition coefficient (Wildman–Crippen LogP) is 4.29. The zero-order chi connectivity index (χ0) is 18.5. The third kappa shape index (κ3) is 5.33. The van der Waals surface area contributed by atoms with Crippen molar-refractivity contribution in [1.29, 1.82) is 0 Å². The van der Waals surface area contributed by atoms with Gasteiger partial charge in [0.2, 0.25) is 5.75 Å². The number of halogens is 1. The standard InChI is InChI=1S/C20H31N3O3.HI/c1-21-20(23-16-12-15(16)13-8-6-5-7-9-13)22-14-10-17(24-2)19(26-4)18(11-14)25-3;/h10-11,13,15-16H,5-9,12H2,1-4H3,(H2,21,22,23);1H. The summed E-state index contributed by atoms with van der Waals surface area (Å²) >= 11 is 0. The van der Waals surface area contributed by atoms with E-state index in [1.54, 1.807) is 28.4 Å². The molecule has 6 nitrogen and oxygen atoms in total. The van der Waals surface area contributed by atoms with E-state index < -0.39 is 0 Å². The van der Waals surface area contributed by atoms with E-state index in [4.69, 9.17) is 14.2 Å². The molecule has 0 radical (unpaired) electrons. The van der Waals surface area contributed by atoms with Crippen LogP contribution in [0.3, 0.4) is 0 Å². The third-order valence-corrected chi connectivity index (χ3v) is 5.57. The summed E-state index contributed by atoms with van der Waals surface area (Å²) in [6.45, 7) is 0. The van der Waals surface area contributed by atoms with Gasteiger partial charge in [-0.05, 0) is 18.3 Å². The van der Waals surface area contributed by atoms with Crippen LogP contribution in [0.25, 0.3) is 0 Å². The van der Waals surface area contributed by atoms with Gasteiger partial charge in [-0.15, -0.1) is 24.0 Å². The van der Waals surface area contributed by atoms with Crippen molar-refractivity contribution >= 4 is 35.6 Å². The lowest BCUT2D eigenvalue weighted by Gasteiger charge is -2.22. The normalized spacial score (nSPS) is 22.4. The second kappa shape index (κ2) is 10.2. The minimum absolute atomic E-state index is 0. The Morgan fingerprint density at radius 2 is 1.63 bits per heavy atom. The second-order valence-electron chi connectivity index (χ2n) is 7.16. The molecule has 152 valence electrons. The molecule has 0 bridgehead atoms. The lowest BCUT2D eigenvalue weighted by atomic mass is 9.85. The summed E-state index contributed by atoms with van der Waals surface area (Å²) in [6, 6.07) is 4.31. The van der Waals surface area contributed by atoms with Gasteiger partial charge in [0.1, 0.15) is 0 Å². The van der Waals surface area contributed by atoms with Crippen molar-refractivity contribution in [2.24, 2.45) is 16.8 Å². The van der Waals surface area contributed by atoms with Crippen LogP contribution in [0.2, 0.25) is 0 Å². The first-order valence-electron chi connectivity index (χ1n) is 9.50. The third-order valence-electron chi connectivity index (χ3n) is 5.57. The molecule has 0 saturated heterocycles. The van der Waals surface area contributed by atoms with E-state index in [-0.39, 0.29) is 24.0 Å². The lowest BCUT2D eigenvalue weighted by Crippen LogP contribution is -2.34. The van der Waals surface area contributed by atoms with Crippen LogP contribution in [0, 0.1) is 11.8 Å². The zero-order valence-corrected chi connectivity index (χ0v) is 19.0. The maximum absolute atomic E-state index is 5.42. The van der Waals surface area contributed by atoms with Crippen molar-refractivity contribution in [2.75, 3.05) is 33.7 Å². The van der Waals surface area contributed by atoms with Gasteiger partial charge in [0, 0.05) is 30.9 Å². The van der Waals surface area contributed by atoms with Crippen LogP contribution in [-0.2, 0) is 0 Å². The molecule has 0 aliphatic heterocycles. The molecule has 3 rings (SSSR count). The molecule has 0 amide bonds. The molecule has 0 aromatic heterocycles. The summed E-state index contributed by atoms with van der Waals surface area (Å²) in [5.74, 6) is 4.30. The number of benzene rings is 1. The molecular weight excluding hydrogens is 457 g/mol. The van der Waals surface area contributed by atoms with E-state index in [9.17, 15) is 0 Å². The summed E-state index contributed by atoms with van der Waals surface area (Å²) in [7, 11) is 6.64. The summed E-state index contributed by atoms with van der Waals surface area (Å²) < 4.78 is 16.2. The number of hydrogen-bond donors (Lipinski definition) is 2. The molecule has 0 heterocycles. The smallest absolute Gasteiger partial charge is 0.203 e. The number of rotatable bonds is 6. The number of anilines is 1. The molecule has 0 spiro atoms. The van der Waals surface area contributed by atoms with Crippen molar-refractivity contribution in [3.05, 3.63) is 12.1 Å². The largest absolute Gasteiger partial charge is 0.493 e. The van der Waals surface area contributed by atoms with E-state index in [0.717, 1.165) is 23.5 Å². The van der Waals surface area contributed by atoms with Crippen LogP contribution in [0.1, 0.15) is 38.5 Å². The molecule has 2 N–H and O–H groups in total. The van der Waals surface area contributed by atoms with E-state index >= 15 is 0 Å². The Kier molecular flexibility index (Phi) is 8.31. The molecule has 1 aromatic rings. The van der Waals surface area contributed by atoms with Crippen LogP contribution in [-0.4, -0.2) is 40.4 Å². The van der Waals surface area contributed by atoms with E-state index in [0.29, 0.717) is 23.3 Å². The average molecular weight is 489 g/mol. The summed E-state index contributed by atoms with van der Waals surface area (Å²) in [6.07, 6.45) is 8.23. The minimum atomic E-state index is 0. The van der Waals surface area contributed by atoms with Gasteiger partial charge >= 0.3 is 0 Å². The molecular formula is C20H32IN3O3. The van der Waals surface area contributed by atoms with Crippen molar-refractivity contribution in [3.8, 4) is 17.2 Å². The summed E-state index contributed by atoms with van der Waals surface area (Å²) in [5.41, 5.74) is 0.850. The van der Waals surface area contributed by atoms with Crippen LogP contribution in [0.4, 0.5) is 5.69 Å². The molecule has 7 heteroatoms. The predicted molar refractivity (Wildman–Crippen MR) is 120 cm³/mol. The Hall–Kier alpha value is -1.38. The molecule has 2 aliphatic rings. The van der Waals surface area contributed by atoms with Gasteiger partial charge < -0.3 is 24.8 Å². The SMILES string of the molecule is CN=C(Nc1cc(OC)c(OC)c(OC)c1)NC1CC1C1CCCCC1.I. The summed E-state index contributed by atoms with van der Waals surface area (Å²) in [5, 5.41) is 6.91. The molecule has 2 aliphatic carbocycles. The second-order valence-corrected chi connectivity index (χ2v) is 7.16. The Morgan fingerprint density at radius 1 is 1.00 bits per heavy atom.